The van der Waals surface area contributed by atoms with Gasteiger partial charge in [0.05, 0.1) is 16.8 Å². The number of carbonyl (C=O) groups excluding carboxylic acids is 1. The van der Waals surface area contributed by atoms with E-state index < -0.39 is 0 Å². The minimum absolute atomic E-state index is 0.204. The molecule has 4 heteroatoms. The van der Waals surface area contributed by atoms with E-state index in [0.717, 1.165) is 19.3 Å². The van der Waals surface area contributed by atoms with Crippen LogP contribution in [0.3, 0.4) is 0 Å². The number of esters is 1. The van der Waals surface area contributed by atoms with Crippen molar-refractivity contribution in [3.05, 3.63) is 35.4 Å². The van der Waals surface area contributed by atoms with Crippen LogP contribution in [0.25, 0.3) is 0 Å². The van der Waals surface area contributed by atoms with Crippen LogP contribution in [-0.2, 0) is 11.2 Å². The Labute approximate surface area is 123 Å². The van der Waals surface area contributed by atoms with E-state index in [1.165, 1.54) is 17.1 Å². The second kappa shape index (κ2) is 7.85. The van der Waals surface area contributed by atoms with Crippen molar-refractivity contribution < 1.29 is 9.53 Å². The molecular formula is C15H20O2S2. The Bertz CT molecular complexity index is 397. The van der Waals surface area contributed by atoms with Crippen molar-refractivity contribution in [1.29, 1.82) is 0 Å². The van der Waals surface area contributed by atoms with Gasteiger partial charge in [0.15, 0.2) is 0 Å². The molecule has 2 rings (SSSR count). The molecule has 0 aliphatic carbocycles. The van der Waals surface area contributed by atoms with Gasteiger partial charge in [-0.3, -0.25) is 0 Å². The van der Waals surface area contributed by atoms with E-state index in [9.17, 15) is 4.79 Å². The number of unbranched alkanes of at least 4 members (excludes halogenated alkanes) is 1. The minimum Gasteiger partial charge on any atom is -0.462 e. The van der Waals surface area contributed by atoms with Crippen molar-refractivity contribution in [2.45, 2.75) is 30.8 Å². The molecule has 104 valence electrons. The van der Waals surface area contributed by atoms with Gasteiger partial charge in [0.2, 0.25) is 0 Å². The lowest BCUT2D eigenvalue weighted by atomic mass is 10.1. The number of benzene rings is 1. The first-order chi connectivity index (χ1) is 9.29. The first kappa shape index (κ1) is 14.8. The van der Waals surface area contributed by atoms with Gasteiger partial charge < -0.3 is 4.74 Å². The molecule has 0 N–H and O–H groups in total. The van der Waals surface area contributed by atoms with E-state index in [-0.39, 0.29) is 5.97 Å². The van der Waals surface area contributed by atoms with E-state index in [1.54, 1.807) is 0 Å². The van der Waals surface area contributed by atoms with Crippen molar-refractivity contribution in [2.24, 2.45) is 0 Å². The van der Waals surface area contributed by atoms with Crippen LogP contribution >= 0.6 is 23.5 Å². The molecule has 0 unspecified atom stereocenters. The Morgan fingerprint density at radius 1 is 1.26 bits per heavy atom. The Morgan fingerprint density at radius 2 is 1.95 bits per heavy atom. The second-order valence-corrected chi connectivity index (χ2v) is 7.48. The lowest BCUT2D eigenvalue weighted by molar-refractivity contribution is 0.0500. The number of rotatable bonds is 6. The maximum Gasteiger partial charge on any atom is 0.338 e. The molecule has 1 saturated heterocycles. The average molecular weight is 296 g/mol. The molecule has 0 radical (unpaired) electrons. The first-order valence-electron chi connectivity index (χ1n) is 6.79. The van der Waals surface area contributed by atoms with Crippen LogP contribution < -0.4 is 0 Å². The highest BCUT2D eigenvalue weighted by Gasteiger charge is 2.16. The van der Waals surface area contributed by atoms with Crippen molar-refractivity contribution >= 4 is 29.5 Å². The summed E-state index contributed by atoms with van der Waals surface area (Å²) in [4.78, 5) is 11.7. The molecule has 1 aliphatic rings. The smallest absolute Gasteiger partial charge is 0.338 e. The standard InChI is InChI=1S/C15H20O2S2/c1-2-3-8-17-15(16)13-6-4-12(5-7-13)11-14-18-9-10-19-14/h4-7,14H,2-3,8-11H2,1H3. The van der Waals surface area contributed by atoms with E-state index in [1.807, 2.05) is 35.7 Å². The van der Waals surface area contributed by atoms with Crippen LogP contribution in [0.15, 0.2) is 24.3 Å². The van der Waals surface area contributed by atoms with E-state index in [2.05, 4.69) is 19.1 Å². The minimum atomic E-state index is -0.204. The molecule has 1 heterocycles. The third-order valence-corrected chi connectivity index (χ3v) is 6.05. The molecule has 2 nitrogen and oxygen atoms in total. The summed E-state index contributed by atoms with van der Waals surface area (Å²) in [6.45, 7) is 2.61. The summed E-state index contributed by atoms with van der Waals surface area (Å²) >= 11 is 4.07. The monoisotopic (exact) mass is 296 g/mol. The molecule has 0 aromatic heterocycles. The molecule has 0 amide bonds. The maximum absolute atomic E-state index is 11.7. The predicted octanol–water partition coefficient (Wildman–Crippen LogP) is 3.99. The predicted molar refractivity (Wildman–Crippen MR) is 84.0 cm³/mol. The fourth-order valence-electron chi connectivity index (χ4n) is 1.89. The maximum atomic E-state index is 11.7. The van der Waals surface area contributed by atoms with Crippen LogP contribution in [0.5, 0.6) is 0 Å². The van der Waals surface area contributed by atoms with Gasteiger partial charge in [-0.2, -0.15) is 0 Å². The summed E-state index contributed by atoms with van der Waals surface area (Å²) in [5, 5.41) is 0. The number of thioether (sulfide) groups is 2. The third-order valence-electron chi connectivity index (χ3n) is 3.01. The Morgan fingerprint density at radius 3 is 2.58 bits per heavy atom. The number of carbonyl (C=O) groups is 1. The summed E-state index contributed by atoms with van der Waals surface area (Å²) in [6, 6.07) is 7.87. The van der Waals surface area contributed by atoms with Crippen molar-refractivity contribution in [1.82, 2.24) is 0 Å². The van der Waals surface area contributed by atoms with Crippen LogP contribution in [0.1, 0.15) is 35.7 Å². The van der Waals surface area contributed by atoms with Gasteiger partial charge in [-0.25, -0.2) is 4.79 Å². The fourth-order valence-corrected chi connectivity index (χ4v) is 4.77. The van der Waals surface area contributed by atoms with Gasteiger partial charge in [0, 0.05) is 11.5 Å². The van der Waals surface area contributed by atoms with E-state index in [0.29, 0.717) is 16.8 Å². The van der Waals surface area contributed by atoms with Crippen LogP contribution in [0.2, 0.25) is 0 Å². The topological polar surface area (TPSA) is 26.3 Å². The van der Waals surface area contributed by atoms with Gasteiger partial charge in [-0.15, -0.1) is 23.5 Å². The van der Waals surface area contributed by atoms with E-state index >= 15 is 0 Å². The number of hydrogen-bond acceptors (Lipinski definition) is 4. The molecule has 1 fully saturated rings. The van der Waals surface area contributed by atoms with Gasteiger partial charge in [0.25, 0.3) is 0 Å². The molecule has 0 atom stereocenters. The zero-order valence-corrected chi connectivity index (χ0v) is 12.9. The van der Waals surface area contributed by atoms with E-state index in [4.69, 9.17) is 4.74 Å². The Kier molecular flexibility index (Phi) is 6.11. The number of hydrogen-bond donors (Lipinski definition) is 0. The molecular weight excluding hydrogens is 276 g/mol. The summed E-state index contributed by atoms with van der Waals surface area (Å²) in [5.41, 5.74) is 1.96. The SMILES string of the molecule is CCCCOC(=O)c1ccc(CC2SCCS2)cc1. The lowest BCUT2D eigenvalue weighted by Crippen LogP contribution is -2.06. The summed E-state index contributed by atoms with van der Waals surface area (Å²) in [6.07, 6.45) is 3.06. The van der Waals surface area contributed by atoms with Crippen LogP contribution in [0, 0.1) is 0 Å². The Balaban J connectivity index is 1.84. The normalized spacial score (nSPS) is 15.6. The summed E-state index contributed by atoms with van der Waals surface area (Å²) in [5.74, 6) is 2.32. The number of ether oxygens (including phenoxy) is 1. The quantitative estimate of drug-likeness (QED) is 0.585. The van der Waals surface area contributed by atoms with Gasteiger partial charge in [0.1, 0.15) is 0 Å². The zero-order valence-electron chi connectivity index (χ0n) is 11.3. The highest BCUT2D eigenvalue weighted by atomic mass is 32.2. The van der Waals surface area contributed by atoms with Crippen LogP contribution in [0.4, 0.5) is 0 Å². The van der Waals surface area contributed by atoms with Crippen LogP contribution in [-0.4, -0.2) is 28.7 Å². The largest absolute Gasteiger partial charge is 0.462 e. The highest BCUT2D eigenvalue weighted by molar-refractivity contribution is 8.20. The molecule has 1 aromatic carbocycles. The third kappa shape index (κ3) is 4.77. The highest BCUT2D eigenvalue weighted by Crippen LogP contribution is 2.34. The second-order valence-electron chi connectivity index (χ2n) is 4.56. The fraction of sp³-hybridized carbons (Fsp3) is 0.533. The van der Waals surface area contributed by atoms with Gasteiger partial charge in [-0.1, -0.05) is 25.5 Å². The van der Waals surface area contributed by atoms with Crippen molar-refractivity contribution in [3.63, 3.8) is 0 Å². The van der Waals surface area contributed by atoms with Gasteiger partial charge in [-0.05, 0) is 30.5 Å². The molecule has 0 bridgehead atoms. The molecule has 0 saturated carbocycles. The van der Waals surface area contributed by atoms with Crippen molar-refractivity contribution in [3.8, 4) is 0 Å². The van der Waals surface area contributed by atoms with Gasteiger partial charge >= 0.3 is 5.97 Å². The van der Waals surface area contributed by atoms with Crippen molar-refractivity contribution in [2.75, 3.05) is 18.1 Å². The first-order valence-corrected chi connectivity index (χ1v) is 8.88. The zero-order chi connectivity index (χ0) is 13.5. The molecule has 19 heavy (non-hydrogen) atoms. The Hall–Kier alpha value is -0.610. The lowest BCUT2D eigenvalue weighted by Gasteiger charge is -2.08. The summed E-state index contributed by atoms with van der Waals surface area (Å²) in [7, 11) is 0. The average Bonchev–Trinajstić information content (AvgIpc) is 2.93. The molecule has 0 spiro atoms. The summed E-state index contributed by atoms with van der Waals surface area (Å²) < 4.78 is 5.88. The molecule has 1 aromatic rings. The molecule has 1 aliphatic heterocycles.